The van der Waals surface area contributed by atoms with E-state index in [1.807, 2.05) is 11.8 Å². The van der Waals surface area contributed by atoms with Crippen molar-refractivity contribution in [1.29, 1.82) is 0 Å². The van der Waals surface area contributed by atoms with E-state index < -0.39 is 0 Å². The van der Waals surface area contributed by atoms with E-state index in [1.54, 1.807) is 0 Å². The number of hydrogen-bond acceptors (Lipinski definition) is 3. The molecule has 1 N–H and O–H groups in total. The van der Waals surface area contributed by atoms with Gasteiger partial charge in [0.2, 0.25) is 5.91 Å². The first-order valence-electron chi connectivity index (χ1n) is 8.85. The number of carbonyl (C=O) groups is 1. The van der Waals surface area contributed by atoms with Gasteiger partial charge in [0.15, 0.2) is 0 Å². The lowest BCUT2D eigenvalue weighted by Gasteiger charge is -2.36. The van der Waals surface area contributed by atoms with Crippen molar-refractivity contribution in [3.63, 3.8) is 0 Å². The first-order valence-corrected chi connectivity index (χ1v) is 8.85. The number of aromatic nitrogens is 1. The summed E-state index contributed by atoms with van der Waals surface area (Å²) in [5.41, 5.74) is 5.07. The first-order chi connectivity index (χ1) is 11.6. The van der Waals surface area contributed by atoms with Gasteiger partial charge < -0.3 is 14.6 Å². The number of amides is 1. The topological polar surface area (TPSA) is 48.6 Å². The molecule has 0 unspecified atom stereocenters. The Bertz CT molecular complexity index is 761. The molecular formula is C19H25N3O2. The molecule has 5 heteroatoms. The second-order valence-electron chi connectivity index (χ2n) is 6.91. The molecule has 4 rings (SSSR count). The molecule has 1 atom stereocenters. The zero-order valence-corrected chi connectivity index (χ0v) is 14.5. The summed E-state index contributed by atoms with van der Waals surface area (Å²) in [5.74, 6) is 0.240. The molecule has 0 bridgehead atoms. The molecule has 2 aliphatic heterocycles. The van der Waals surface area contributed by atoms with Gasteiger partial charge in [0, 0.05) is 54.8 Å². The van der Waals surface area contributed by atoms with Gasteiger partial charge in [-0.05, 0) is 19.4 Å². The van der Waals surface area contributed by atoms with Crippen LogP contribution in [0.25, 0.3) is 10.9 Å². The minimum atomic E-state index is -0.0672. The molecule has 128 valence electrons. The number of ether oxygens (including phenoxy) is 1. The van der Waals surface area contributed by atoms with Crippen molar-refractivity contribution in [3.05, 3.63) is 35.0 Å². The van der Waals surface area contributed by atoms with Crippen LogP contribution in [0.3, 0.4) is 0 Å². The van der Waals surface area contributed by atoms with Gasteiger partial charge in [-0.15, -0.1) is 0 Å². The van der Waals surface area contributed by atoms with Crippen LogP contribution in [0.15, 0.2) is 18.2 Å². The van der Waals surface area contributed by atoms with Gasteiger partial charge in [-0.2, -0.15) is 0 Å². The van der Waals surface area contributed by atoms with Crippen molar-refractivity contribution in [2.45, 2.75) is 32.9 Å². The number of para-hydroxylation sites is 1. The number of carbonyl (C=O) groups excluding carboxylic acids is 1. The van der Waals surface area contributed by atoms with Crippen LogP contribution < -0.4 is 0 Å². The predicted molar refractivity (Wildman–Crippen MR) is 94.0 cm³/mol. The minimum Gasteiger partial charge on any atom is -0.379 e. The third-order valence-corrected chi connectivity index (χ3v) is 5.48. The van der Waals surface area contributed by atoms with Crippen LogP contribution in [0.5, 0.6) is 0 Å². The number of H-pyrrole nitrogens is 1. The normalized spacial score (nSPS) is 20.2. The van der Waals surface area contributed by atoms with Crippen molar-refractivity contribution in [1.82, 2.24) is 14.8 Å². The molecule has 1 amide bonds. The summed E-state index contributed by atoms with van der Waals surface area (Å²) in [5, 5.41) is 1.27. The molecule has 0 spiro atoms. The van der Waals surface area contributed by atoms with Gasteiger partial charge >= 0.3 is 0 Å². The number of benzene rings is 1. The Kier molecular flexibility index (Phi) is 4.06. The average molecular weight is 327 g/mol. The molecule has 1 aromatic heterocycles. The third kappa shape index (κ3) is 2.62. The third-order valence-electron chi connectivity index (χ3n) is 5.48. The Morgan fingerprint density at radius 3 is 2.83 bits per heavy atom. The molecule has 1 fully saturated rings. The quantitative estimate of drug-likeness (QED) is 0.919. The van der Waals surface area contributed by atoms with Crippen molar-refractivity contribution in [2.24, 2.45) is 0 Å². The van der Waals surface area contributed by atoms with Crippen LogP contribution in [-0.2, 0) is 22.5 Å². The van der Waals surface area contributed by atoms with Gasteiger partial charge in [0.05, 0.1) is 19.3 Å². The van der Waals surface area contributed by atoms with Crippen molar-refractivity contribution < 1.29 is 9.53 Å². The standard InChI is InChI=1S/C19H25N3O2/c1-13-4-3-5-15-16-12-22(7-6-17(16)20-18(13)15)19(23)14(2)21-8-10-24-11-9-21/h3-5,14,20H,6-12H2,1-2H3/t14-/m0/s1. The van der Waals surface area contributed by atoms with E-state index in [2.05, 4.69) is 35.0 Å². The van der Waals surface area contributed by atoms with Gasteiger partial charge in [0.1, 0.15) is 0 Å². The zero-order valence-electron chi connectivity index (χ0n) is 14.5. The number of aromatic amines is 1. The lowest BCUT2D eigenvalue weighted by molar-refractivity contribution is -0.139. The van der Waals surface area contributed by atoms with Crippen LogP contribution in [-0.4, -0.2) is 59.6 Å². The summed E-state index contributed by atoms with van der Waals surface area (Å²) < 4.78 is 5.40. The van der Waals surface area contributed by atoms with E-state index in [0.717, 1.165) is 39.3 Å². The summed E-state index contributed by atoms with van der Waals surface area (Å²) in [6.45, 7) is 8.82. The van der Waals surface area contributed by atoms with Crippen LogP contribution in [0.1, 0.15) is 23.7 Å². The molecule has 3 heterocycles. The molecule has 0 saturated carbocycles. The molecule has 5 nitrogen and oxygen atoms in total. The van der Waals surface area contributed by atoms with Crippen LogP contribution in [0.4, 0.5) is 0 Å². The molecule has 24 heavy (non-hydrogen) atoms. The fourth-order valence-electron chi connectivity index (χ4n) is 3.96. The molecule has 2 aromatic rings. The first kappa shape index (κ1) is 15.7. The van der Waals surface area contributed by atoms with E-state index in [-0.39, 0.29) is 11.9 Å². The van der Waals surface area contributed by atoms with E-state index in [4.69, 9.17) is 4.74 Å². The van der Waals surface area contributed by atoms with E-state index in [9.17, 15) is 4.79 Å². The monoisotopic (exact) mass is 327 g/mol. The Hall–Kier alpha value is -1.85. The highest BCUT2D eigenvalue weighted by atomic mass is 16.5. The van der Waals surface area contributed by atoms with E-state index in [1.165, 1.54) is 27.7 Å². The molecule has 0 aliphatic carbocycles. The number of morpholine rings is 1. The van der Waals surface area contributed by atoms with Crippen molar-refractivity contribution in [3.8, 4) is 0 Å². The smallest absolute Gasteiger partial charge is 0.239 e. The molecule has 2 aliphatic rings. The number of nitrogens with zero attached hydrogens (tertiary/aromatic N) is 2. The van der Waals surface area contributed by atoms with Crippen molar-refractivity contribution >= 4 is 16.8 Å². The second-order valence-corrected chi connectivity index (χ2v) is 6.91. The fourth-order valence-corrected chi connectivity index (χ4v) is 3.96. The Labute approximate surface area is 142 Å². The van der Waals surface area contributed by atoms with E-state index in [0.29, 0.717) is 6.54 Å². The SMILES string of the molecule is Cc1cccc2c3c([nH]c12)CCN(C(=O)[C@H](C)N1CCOCC1)C3. The molecule has 1 saturated heterocycles. The lowest BCUT2D eigenvalue weighted by Crippen LogP contribution is -2.51. The van der Waals surface area contributed by atoms with Gasteiger partial charge in [-0.25, -0.2) is 0 Å². The summed E-state index contributed by atoms with van der Waals surface area (Å²) in [4.78, 5) is 20.8. The maximum Gasteiger partial charge on any atom is 0.239 e. The fraction of sp³-hybridized carbons (Fsp3) is 0.526. The van der Waals surface area contributed by atoms with Gasteiger partial charge in [-0.3, -0.25) is 9.69 Å². The summed E-state index contributed by atoms with van der Waals surface area (Å²) >= 11 is 0. The molecule has 0 radical (unpaired) electrons. The predicted octanol–water partition coefficient (Wildman–Crippen LogP) is 2.08. The van der Waals surface area contributed by atoms with Crippen molar-refractivity contribution in [2.75, 3.05) is 32.8 Å². The van der Waals surface area contributed by atoms with Crippen LogP contribution in [0, 0.1) is 6.92 Å². The number of hydrogen-bond donors (Lipinski definition) is 1. The van der Waals surface area contributed by atoms with Gasteiger partial charge in [0.25, 0.3) is 0 Å². The van der Waals surface area contributed by atoms with E-state index >= 15 is 0 Å². The highest BCUT2D eigenvalue weighted by Crippen LogP contribution is 2.29. The molecule has 1 aromatic carbocycles. The average Bonchev–Trinajstić information content (AvgIpc) is 3.00. The number of rotatable bonds is 2. The maximum atomic E-state index is 13.0. The number of aryl methyl sites for hydroxylation is 1. The maximum absolute atomic E-state index is 13.0. The largest absolute Gasteiger partial charge is 0.379 e. The van der Waals surface area contributed by atoms with Gasteiger partial charge in [-0.1, -0.05) is 18.2 Å². The minimum absolute atomic E-state index is 0.0672. The lowest BCUT2D eigenvalue weighted by atomic mass is 10.0. The Balaban J connectivity index is 1.56. The second kappa shape index (κ2) is 6.22. The van der Waals surface area contributed by atoms with Crippen LogP contribution in [0.2, 0.25) is 0 Å². The molecular weight excluding hydrogens is 302 g/mol. The highest BCUT2D eigenvalue weighted by Gasteiger charge is 2.30. The highest BCUT2D eigenvalue weighted by molar-refractivity contribution is 5.89. The summed E-state index contributed by atoms with van der Waals surface area (Å²) in [6.07, 6.45) is 0.908. The summed E-state index contributed by atoms with van der Waals surface area (Å²) in [6, 6.07) is 6.33. The number of nitrogens with one attached hydrogen (secondary N) is 1. The summed E-state index contributed by atoms with van der Waals surface area (Å²) in [7, 11) is 0. The Morgan fingerprint density at radius 2 is 2.04 bits per heavy atom. The van der Waals surface area contributed by atoms with Crippen LogP contribution >= 0.6 is 0 Å². The number of fused-ring (bicyclic) bond motifs is 3. The Morgan fingerprint density at radius 1 is 1.25 bits per heavy atom. The zero-order chi connectivity index (χ0) is 16.7.